The highest BCUT2D eigenvalue weighted by molar-refractivity contribution is 5.98. The molecule has 3 aliphatic rings. The molecule has 2 bridgehead atoms. The number of esters is 1. The number of fused-ring (bicyclic) bond motifs is 2. The number of para-hydroxylation sites is 1. The van der Waals surface area contributed by atoms with E-state index < -0.39 is 35.0 Å². The zero-order valence-corrected chi connectivity index (χ0v) is 23.1. The second-order valence-electron chi connectivity index (χ2n) is 11.1. The third-order valence-corrected chi connectivity index (χ3v) is 8.81. The number of aliphatic hydroxyl groups is 1. The van der Waals surface area contributed by atoms with Crippen LogP contribution in [0.25, 0.3) is 11.0 Å². The summed E-state index contributed by atoms with van der Waals surface area (Å²) in [6, 6.07) is 6.47. The van der Waals surface area contributed by atoms with E-state index in [2.05, 4.69) is 23.5 Å². The summed E-state index contributed by atoms with van der Waals surface area (Å²) in [5.74, 6) is -2.97. The van der Waals surface area contributed by atoms with Crippen LogP contribution in [0.4, 0.5) is 0 Å². The molecule has 3 fully saturated rings. The van der Waals surface area contributed by atoms with E-state index in [1.54, 1.807) is 21.7 Å². The Labute approximate surface area is 233 Å². The highest BCUT2D eigenvalue weighted by atomic mass is 16.6. The van der Waals surface area contributed by atoms with E-state index >= 15 is 0 Å². The monoisotopic (exact) mass is 551 g/mol. The van der Waals surface area contributed by atoms with E-state index in [9.17, 15) is 19.5 Å². The Morgan fingerprint density at radius 2 is 2.08 bits per heavy atom. The van der Waals surface area contributed by atoms with Gasteiger partial charge in [-0.3, -0.25) is 14.4 Å². The highest BCUT2D eigenvalue weighted by Gasteiger charge is 2.80. The van der Waals surface area contributed by atoms with Crippen LogP contribution in [0.3, 0.4) is 0 Å². The Morgan fingerprint density at radius 1 is 1.30 bits per heavy atom. The molecule has 11 nitrogen and oxygen atoms in total. The van der Waals surface area contributed by atoms with Crippen molar-refractivity contribution in [3.05, 3.63) is 49.6 Å². The first kappa shape index (κ1) is 28.0. The summed E-state index contributed by atoms with van der Waals surface area (Å²) in [5, 5.41) is 18.0. The minimum Gasteiger partial charge on any atom is -0.465 e. The maximum Gasteiger partial charge on any atom is 0.312 e. The zero-order valence-electron chi connectivity index (χ0n) is 23.1. The van der Waals surface area contributed by atoms with Crippen LogP contribution >= 0.6 is 0 Å². The van der Waals surface area contributed by atoms with Gasteiger partial charge in [0.2, 0.25) is 11.8 Å². The summed E-state index contributed by atoms with van der Waals surface area (Å²) < 4.78 is 13.9. The molecule has 1 N–H and O–H groups in total. The minimum absolute atomic E-state index is 0.0878. The lowest BCUT2D eigenvalue weighted by Gasteiger charge is -2.37. The topological polar surface area (TPSA) is 127 Å². The van der Waals surface area contributed by atoms with Gasteiger partial charge in [0.15, 0.2) is 0 Å². The predicted octanol–water partition coefficient (Wildman–Crippen LogP) is 1.92. The van der Waals surface area contributed by atoms with Gasteiger partial charge < -0.3 is 24.4 Å². The van der Waals surface area contributed by atoms with E-state index in [4.69, 9.17) is 9.47 Å². The molecule has 3 aliphatic heterocycles. The Hall–Kier alpha value is -3.57. The van der Waals surface area contributed by atoms with Crippen molar-refractivity contribution >= 4 is 28.8 Å². The van der Waals surface area contributed by atoms with Gasteiger partial charge in [-0.05, 0) is 44.2 Å². The summed E-state index contributed by atoms with van der Waals surface area (Å²) >= 11 is 0. The normalized spacial score (nSPS) is 30.5. The molecule has 1 aromatic heterocycles. The number of likely N-dealkylation sites (tertiary alicyclic amines) is 1. The fourth-order valence-electron chi connectivity index (χ4n) is 6.92. The molecule has 3 unspecified atom stereocenters. The lowest BCUT2D eigenvalue weighted by atomic mass is 9.62. The molecule has 2 aromatic rings. The first-order chi connectivity index (χ1) is 19.2. The van der Waals surface area contributed by atoms with Crippen LogP contribution in [0.1, 0.15) is 33.1 Å². The van der Waals surface area contributed by atoms with Crippen LogP contribution in [0.15, 0.2) is 49.6 Å². The number of ether oxygens (including phenoxy) is 2. The number of amides is 2. The van der Waals surface area contributed by atoms with Gasteiger partial charge in [0, 0.05) is 19.7 Å². The molecule has 4 heterocycles. The largest absolute Gasteiger partial charge is 0.465 e. The number of hydrogen-bond acceptors (Lipinski definition) is 8. The van der Waals surface area contributed by atoms with Crippen molar-refractivity contribution in [1.29, 1.82) is 0 Å². The van der Waals surface area contributed by atoms with E-state index in [1.165, 1.54) is 4.90 Å². The van der Waals surface area contributed by atoms with Crippen LogP contribution < -0.4 is 0 Å². The number of carbonyl (C=O) groups excluding carboxylic acids is 3. The Bertz CT molecular complexity index is 1330. The number of benzene rings is 1. The predicted molar refractivity (Wildman–Crippen MR) is 145 cm³/mol. The summed E-state index contributed by atoms with van der Waals surface area (Å²) in [5.41, 5.74) is -0.700. The van der Waals surface area contributed by atoms with E-state index in [0.29, 0.717) is 18.4 Å². The van der Waals surface area contributed by atoms with Crippen molar-refractivity contribution < 1.29 is 29.0 Å². The summed E-state index contributed by atoms with van der Waals surface area (Å²) in [6.07, 6.45) is 4.50. The summed E-state index contributed by atoms with van der Waals surface area (Å²) in [4.78, 5) is 45.1. The molecule has 1 aromatic carbocycles. The molecule has 5 rings (SSSR count). The molecular formula is C29H37N5O6. The van der Waals surface area contributed by atoms with Crippen molar-refractivity contribution in [2.75, 3.05) is 26.3 Å². The van der Waals surface area contributed by atoms with Crippen molar-refractivity contribution in [2.24, 2.45) is 17.8 Å². The highest BCUT2D eigenvalue weighted by Crippen LogP contribution is 2.65. The lowest BCUT2D eigenvalue weighted by Crippen LogP contribution is -2.57. The van der Waals surface area contributed by atoms with Crippen molar-refractivity contribution in [3.8, 4) is 0 Å². The Kier molecular flexibility index (Phi) is 7.54. The molecule has 0 aliphatic carbocycles. The van der Waals surface area contributed by atoms with Crippen LogP contribution in [0.5, 0.6) is 0 Å². The summed E-state index contributed by atoms with van der Waals surface area (Å²) in [6.45, 7) is 11.8. The number of nitrogens with zero attached hydrogens (tertiary/aromatic N) is 5. The average molecular weight is 552 g/mol. The third-order valence-electron chi connectivity index (χ3n) is 8.81. The third kappa shape index (κ3) is 4.23. The molecule has 3 saturated heterocycles. The van der Waals surface area contributed by atoms with Gasteiger partial charge in [0.25, 0.3) is 0 Å². The number of aromatic nitrogens is 3. The van der Waals surface area contributed by atoms with Gasteiger partial charge in [-0.15, -0.1) is 18.3 Å². The number of carbonyl (C=O) groups is 3. The first-order valence-corrected chi connectivity index (χ1v) is 13.8. The summed E-state index contributed by atoms with van der Waals surface area (Å²) in [7, 11) is 0. The van der Waals surface area contributed by atoms with Crippen LogP contribution in [-0.4, -0.2) is 91.2 Å². The molecule has 0 radical (unpaired) electrons. The van der Waals surface area contributed by atoms with Gasteiger partial charge in [-0.2, -0.15) is 0 Å². The molecular weight excluding hydrogens is 514 g/mol. The van der Waals surface area contributed by atoms with Gasteiger partial charge in [0.1, 0.15) is 29.7 Å². The number of rotatable bonds is 12. The maximum atomic E-state index is 14.5. The minimum atomic E-state index is -1.20. The van der Waals surface area contributed by atoms with Gasteiger partial charge in [-0.25, -0.2) is 4.68 Å². The molecule has 6 atom stereocenters. The van der Waals surface area contributed by atoms with Crippen molar-refractivity contribution in [1.82, 2.24) is 24.8 Å². The fourth-order valence-corrected chi connectivity index (χ4v) is 6.92. The van der Waals surface area contributed by atoms with Crippen LogP contribution in [0.2, 0.25) is 0 Å². The smallest absolute Gasteiger partial charge is 0.312 e. The maximum absolute atomic E-state index is 14.5. The second-order valence-corrected chi connectivity index (χ2v) is 11.1. The van der Waals surface area contributed by atoms with Crippen molar-refractivity contribution in [3.63, 3.8) is 0 Å². The Morgan fingerprint density at radius 3 is 2.80 bits per heavy atom. The fraction of sp³-hybridized carbons (Fsp3) is 0.552. The molecule has 2 amide bonds. The van der Waals surface area contributed by atoms with E-state index in [0.717, 1.165) is 5.52 Å². The number of aliphatic hydroxyl groups excluding tert-OH is 1. The average Bonchev–Trinajstić information content (AvgIpc) is 3.60. The van der Waals surface area contributed by atoms with E-state index in [1.807, 2.05) is 38.1 Å². The SMILES string of the molecule is C=CCCOC(=O)[C@@H]1[C@H]2C(=O)N(CCCO)C(C(=O)N(CC=C)Cn3nnc4ccccc43)C23CC(C)[C@@]1(C)O3. The van der Waals surface area contributed by atoms with Crippen molar-refractivity contribution in [2.45, 2.75) is 57.0 Å². The van der Waals surface area contributed by atoms with Crippen LogP contribution in [0, 0.1) is 17.8 Å². The second kappa shape index (κ2) is 10.8. The van der Waals surface area contributed by atoms with E-state index in [-0.39, 0.29) is 57.1 Å². The molecule has 11 heteroatoms. The van der Waals surface area contributed by atoms with Crippen LogP contribution in [-0.2, 0) is 30.5 Å². The lowest BCUT2D eigenvalue weighted by molar-refractivity contribution is -0.162. The molecule has 0 saturated carbocycles. The standard InChI is InChI=1S/C29H37N5O6/c1-5-7-16-39-27(38)23-22-25(36)33(14-10-15-35)24(29(22)17-19(3)28(23,4)40-29)26(37)32(13-6-2)18-34-21-12-9-8-11-20(21)30-31-34/h5-6,8-9,11-12,19,22-24,35H,1-2,7,10,13-18H2,3-4H3/t19?,22-,23-,24?,28+,29?/m0/s1. The van der Waals surface area contributed by atoms with Gasteiger partial charge in [0.05, 0.1) is 23.6 Å². The molecule has 1 spiro atoms. The number of hydrogen-bond donors (Lipinski definition) is 1. The first-order valence-electron chi connectivity index (χ1n) is 13.8. The Balaban J connectivity index is 1.53. The van der Waals surface area contributed by atoms with Gasteiger partial charge in [-0.1, -0.05) is 36.4 Å². The zero-order chi connectivity index (χ0) is 28.7. The molecule has 214 valence electrons. The quantitative estimate of drug-likeness (QED) is 0.241. The molecule has 40 heavy (non-hydrogen) atoms. The van der Waals surface area contributed by atoms with Gasteiger partial charge >= 0.3 is 5.97 Å².